The second-order valence-electron chi connectivity index (χ2n) is 7.15. The maximum Gasteiger partial charge on any atom is 0.335 e. The zero-order chi connectivity index (χ0) is 19.0. The van der Waals surface area contributed by atoms with E-state index in [1.54, 1.807) is 19.2 Å². The molecular weight excluding hydrogens is 346 g/mol. The lowest BCUT2D eigenvalue weighted by atomic mass is 9.87. The summed E-state index contributed by atoms with van der Waals surface area (Å²) in [5, 5.41) is 12.2. The molecule has 1 spiro atoms. The molecule has 2 aromatic carbocycles. The van der Waals surface area contributed by atoms with E-state index in [1.165, 1.54) is 6.07 Å². The molecule has 0 bridgehead atoms. The first kappa shape index (κ1) is 17.5. The Hall–Kier alpha value is -2.86. The van der Waals surface area contributed by atoms with Crippen LogP contribution in [-0.2, 0) is 21.6 Å². The van der Waals surface area contributed by atoms with E-state index in [1.807, 2.05) is 24.3 Å². The zero-order valence-electron chi connectivity index (χ0n) is 15.0. The standard InChI is InChI=1S/C21H21NO5/c1-26-12-13-8-14(20(24)25)10-15(9-13)22-19(23)17-11-21(17)6-7-27-18-5-3-2-4-16(18)21/h2-5,8-10,17H,6-7,11-12H2,1H3,(H,22,23)(H,24,25)/t17-,21-/m0/s1. The predicted molar refractivity (Wildman–Crippen MR) is 99.1 cm³/mol. The molecule has 0 radical (unpaired) electrons. The molecular formula is C21H21NO5. The molecule has 1 saturated carbocycles. The third-order valence-electron chi connectivity index (χ3n) is 5.44. The number of amides is 1. The van der Waals surface area contributed by atoms with E-state index in [2.05, 4.69) is 5.32 Å². The molecule has 6 heteroatoms. The van der Waals surface area contributed by atoms with Gasteiger partial charge in [-0.25, -0.2) is 4.79 Å². The van der Waals surface area contributed by atoms with Crippen molar-refractivity contribution in [1.82, 2.24) is 0 Å². The van der Waals surface area contributed by atoms with Gasteiger partial charge in [-0.05, 0) is 42.7 Å². The van der Waals surface area contributed by atoms with Gasteiger partial charge in [0.1, 0.15) is 5.75 Å². The minimum absolute atomic E-state index is 0.0855. The van der Waals surface area contributed by atoms with Gasteiger partial charge in [0.2, 0.25) is 5.91 Å². The summed E-state index contributed by atoms with van der Waals surface area (Å²) >= 11 is 0. The number of benzene rings is 2. The number of methoxy groups -OCH3 is 1. The Kier molecular flexibility index (Phi) is 4.36. The van der Waals surface area contributed by atoms with Crippen molar-refractivity contribution in [2.24, 2.45) is 5.92 Å². The zero-order valence-corrected chi connectivity index (χ0v) is 15.0. The molecule has 0 unspecified atom stereocenters. The van der Waals surface area contributed by atoms with Crippen LogP contribution < -0.4 is 10.1 Å². The summed E-state index contributed by atoms with van der Waals surface area (Å²) in [6, 6.07) is 12.7. The van der Waals surface area contributed by atoms with Gasteiger partial charge in [0.25, 0.3) is 0 Å². The Labute approximate surface area is 157 Å². The fourth-order valence-corrected chi connectivity index (χ4v) is 4.07. The number of fused-ring (bicyclic) bond motifs is 2. The van der Waals surface area contributed by atoms with Crippen molar-refractivity contribution in [2.75, 3.05) is 19.0 Å². The molecule has 0 saturated heterocycles. The number of anilines is 1. The van der Waals surface area contributed by atoms with Crippen LogP contribution in [0.4, 0.5) is 5.69 Å². The molecule has 4 rings (SSSR count). The molecule has 2 aromatic rings. The normalized spacial score (nSPS) is 22.6. The lowest BCUT2D eigenvalue weighted by Crippen LogP contribution is -2.26. The average molecular weight is 367 g/mol. The predicted octanol–water partition coefficient (Wildman–Crippen LogP) is 3.21. The van der Waals surface area contributed by atoms with Crippen LogP contribution in [0.15, 0.2) is 42.5 Å². The second-order valence-corrected chi connectivity index (χ2v) is 7.15. The number of nitrogens with one attached hydrogen (secondary N) is 1. The summed E-state index contributed by atoms with van der Waals surface area (Å²) in [5.74, 6) is -0.404. The number of hydrogen-bond acceptors (Lipinski definition) is 4. The summed E-state index contributed by atoms with van der Waals surface area (Å²) in [7, 11) is 1.54. The summed E-state index contributed by atoms with van der Waals surface area (Å²) in [6.45, 7) is 0.884. The summed E-state index contributed by atoms with van der Waals surface area (Å²) in [4.78, 5) is 24.2. The number of rotatable bonds is 5. The molecule has 27 heavy (non-hydrogen) atoms. The maximum absolute atomic E-state index is 12.9. The highest BCUT2D eigenvalue weighted by Gasteiger charge is 2.60. The molecule has 2 atom stereocenters. The first-order valence-electron chi connectivity index (χ1n) is 8.93. The summed E-state index contributed by atoms with van der Waals surface area (Å²) < 4.78 is 10.8. The highest BCUT2D eigenvalue weighted by atomic mass is 16.5. The number of carboxylic acid groups (broad SMARTS) is 1. The van der Waals surface area contributed by atoms with Crippen LogP contribution in [-0.4, -0.2) is 30.7 Å². The van der Waals surface area contributed by atoms with Crippen molar-refractivity contribution in [2.45, 2.75) is 24.9 Å². The van der Waals surface area contributed by atoms with Crippen LogP contribution in [0.3, 0.4) is 0 Å². The Morgan fingerprint density at radius 3 is 2.89 bits per heavy atom. The molecule has 1 heterocycles. The average Bonchev–Trinajstić information content (AvgIpc) is 3.37. The lowest BCUT2D eigenvalue weighted by molar-refractivity contribution is -0.117. The van der Waals surface area contributed by atoms with Crippen molar-refractivity contribution in [3.63, 3.8) is 0 Å². The molecule has 2 aliphatic rings. The Morgan fingerprint density at radius 1 is 1.30 bits per heavy atom. The first-order chi connectivity index (χ1) is 13.0. The molecule has 140 valence electrons. The summed E-state index contributed by atoms with van der Waals surface area (Å²) in [6.07, 6.45) is 1.59. The van der Waals surface area contributed by atoms with Crippen molar-refractivity contribution in [3.8, 4) is 5.75 Å². The number of carbonyl (C=O) groups excluding carboxylic acids is 1. The van der Waals surface area contributed by atoms with Crippen molar-refractivity contribution < 1.29 is 24.2 Å². The number of carbonyl (C=O) groups is 2. The van der Waals surface area contributed by atoms with Crippen LogP contribution in [0.1, 0.15) is 34.3 Å². The second kappa shape index (κ2) is 6.70. The third-order valence-corrected chi connectivity index (χ3v) is 5.44. The van der Waals surface area contributed by atoms with Crippen molar-refractivity contribution in [1.29, 1.82) is 0 Å². The minimum atomic E-state index is -1.04. The van der Waals surface area contributed by atoms with E-state index in [0.717, 1.165) is 24.2 Å². The van der Waals surface area contributed by atoms with Gasteiger partial charge in [0, 0.05) is 29.7 Å². The van der Waals surface area contributed by atoms with Gasteiger partial charge in [-0.3, -0.25) is 4.79 Å². The van der Waals surface area contributed by atoms with Gasteiger partial charge in [0.15, 0.2) is 0 Å². The molecule has 1 aliphatic heterocycles. The molecule has 1 fully saturated rings. The SMILES string of the molecule is COCc1cc(NC(=O)[C@@H]2C[C@]23CCOc2ccccc23)cc(C(=O)O)c1. The van der Waals surface area contributed by atoms with E-state index >= 15 is 0 Å². The van der Waals surface area contributed by atoms with Crippen LogP contribution in [0.5, 0.6) is 5.75 Å². The summed E-state index contributed by atoms with van der Waals surface area (Å²) in [5.41, 5.74) is 2.24. The van der Waals surface area contributed by atoms with E-state index in [4.69, 9.17) is 9.47 Å². The van der Waals surface area contributed by atoms with Gasteiger partial charge in [-0.2, -0.15) is 0 Å². The maximum atomic E-state index is 12.9. The minimum Gasteiger partial charge on any atom is -0.493 e. The number of aromatic carboxylic acids is 1. The van der Waals surface area contributed by atoms with Gasteiger partial charge < -0.3 is 19.9 Å². The van der Waals surface area contributed by atoms with Gasteiger partial charge >= 0.3 is 5.97 Å². The molecule has 1 aliphatic carbocycles. The van der Waals surface area contributed by atoms with Crippen molar-refractivity contribution >= 4 is 17.6 Å². The van der Waals surface area contributed by atoms with E-state index in [-0.39, 0.29) is 29.4 Å². The Bertz CT molecular complexity index is 909. The first-order valence-corrected chi connectivity index (χ1v) is 8.93. The van der Waals surface area contributed by atoms with Gasteiger partial charge in [-0.15, -0.1) is 0 Å². The largest absolute Gasteiger partial charge is 0.493 e. The Morgan fingerprint density at radius 2 is 2.11 bits per heavy atom. The van der Waals surface area contributed by atoms with Gasteiger partial charge in [0.05, 0.1) is 18.8 Å². The van der Waals surface area contributed by atoms with E-state index < -0.39 is 5.97 Å². The molecule has 0 aromatic heterocycles. The van der Waals surface area contributed by atoms with Crippen LogP contribution >= 0.6 is 0 Å². The van der Waals surface area contributed by atoms with Crippen LogP contribution in [0.25, 0.3) is 0 Å². The number of ether oxygens (including phenoxy) is 2. The van der Waals surface area contributed by atoms with E-state index in [0.29, 0.717) is 17.9 Å². The quantitative estimate of drug-likeness (QED) is 0.848. The monoisotopic (exact) mass is 367 g/mol. The van der Waals surface area contributed by atoms with Gasteiger partial charge in [-0.1, -0.05) is 18.2 Å². The smallest absolute Gasteiger partial charge is 0.335 e. The van der Waals surface area contributed by atoms with E-state index in [9.17, 15) is 14.7 Å². The number of para-hydroxylation sites is 1. The topological polar surface area (TPSA) is 84.9 Å². The highest BCUT2D eigenvalue weighted by Crippen LogP contribution is 2.60. The third kappa shape index (κ3) is 3.17. The number of carboxylic acids is 1. The number of hydrogen-bond donors (Lipinski definition) is 2. The molecule has 1 amide bonds. The van der Waals surface area contributed by atoms with Crippen LogP contribution in [0.2, 0.25) is 0 Å². The fourth-order valence-electron chi connectivity index (χ4n) is 4.07. The molecule has 2 N–H and O–H groups in total. The lowest BCUT2D eigenvalue weighted by Gasteiger charge is -2.26. The highest BCUT2D eigenvalue weighted by molar-refractivity contribution is 5.98. The van der Waals surface area contributed by atoms with Crippen LogP contribution in [0, 0.1) is 5.92 Å². The van der Waals surface area contributed by atoms with Crippen molar-refractivity contribution in [3.05, 3.63) is 59.2 Å². The fraction of sp³-hybridized carbons (Fsp3) is 0.333. The molecule has 6 nitrogen and oxygen atoms in total. The Balaban J connectivity index is 1.56.